The highest BCUT2D eigenvalue weighted by atomic mass is 16.6. The van der Waals surface area contributed by atoms with Crippen LogP contribution in [0.2, 0.25) is 0 Å². The van der Waals surface area contributed by atoms with Crippen LogP contribution in [0.5, 0.6) is 0 Å². The molecule has 0 aromatic rings. The van der Waals surface area contributed by atoms with Crippen molar-refractivity contribution in [2.75, 3.05) is 13.1 Å². The molecule has 1 amide bonds. The van der Waals surface area contributed by atoms with Gasteiger partial charge >= 0.3 is 12.1 Å². The average molecular weight is 227 g/mol. The highest BCUT2D eigenvalue weighted by Gasteiger charge is 2.41. The summed E-state index contributed by atoms with van der Waals surface area (Å²) in [4.78, 5) is 23.4. The fourth-order valence-corrected chi connectivity index (χ4v) is 2.59. The Bertz CT molecular complexity index is 296. The van der Waals surface area contributed by atoms with E-state index in [2.05, 4.69) is 0 Å². The zero-order valence-corrected chi connectivity index (χ0v) is 9.28. The van der Waals surface area contributed by atoms with Gasteiger partial charge in [0.25, 0.3) is 0 Å². The standard InChI is InChI=1S/C11H17NO4/c13-9(14)8-12-7-6-11(16-10(12)15)4-2-1-3-5-11/h1-8H2,(H,13,14). The molecule has 0 aromatic heterocycles. The Morgan fingerprint density at radius 1 is 1.31 bits per heavy atom. The molecule has 90 valence electrons. The van der Waals surface area contributed by atoms with Crippen molar-refractivity contribution in [3.8, 4) is 0 Å². The number of nitrogens with zero attached hydrogens (tertiary/aromatic N) is 1. The third-order valence-electron chi connectivity index (χ3n) is 3.49. The van der Waals surface area contributed by atoms with Gasteiger partial charge in [-0.05, 0) is 25.7 Å². The number of rotatable bonds is 2. The first-order valence-corrected chi connectivity index (χ1v) is 5.81. The molecule has 2 fully saturated rings. The lowest BCUT2D eigenvalue weighted by Gasteiger charge is -2.42. The Morgan fingerprint density at radius 2 is 2.00 bits per heavy atom. The van der Waals surface area contributed by atoms with Crippen LogP contribution in [-0.4, -0.2) is 40.8 Å². The average Bonchev–Trinajstić information content (AvgIpc) is 2.23. The summed E-state index contributed by atoms with van der Waals surface area (Å²) >= 11 is 0. The van der Waals surface area contributed by atoms with Gasteiger partial charge in [-0.1, -0.05) is 6.42 Å². The van der Waals surface area contributed by atoms with Gasteiger partial charge in [0.2, 0.25) is 0 Å². The van der Waals surface area contributed by atoms with E-state index in [0.29, 0.717) is 6.54 Å². The normalized spacial score (nSPS) is 24.2. The maximum Gasteiger partial charge on any atom is 0.410 e. The number of carboxylic acid groups (broad SMARTS) is 1. The van der Waals surface area contributed by atoms with E-state index < -0.39 is 12.1 Å². The van der Waals surface area contributed by atoms with Gasteiger partial charge in [-0.15, -0.1) is 0 Å². The van der Waals surface area contributed by atoms with E-state index in [1.54, 1.807) is 0 Å². The molecule has 2 rings (SSSR count). The van der Waals surface area contributed by atoms with Crippen LogP contribution in [0.25, 0.3) is 0 Å². The van der Waals surface area contributed by atoms with Crippen LogP contribution in [-0.2, 0) is 9.53 Å². The molecule has 1 spiro atoms. The predicted molar refractivity (Wildman–Crippen MR) is 56.1 cm³/mol. The maximum atomic E-state index is 11.6. The first-order chi connectivity index (χ1) is 7.61. The van der Waals surface area contributed by atoms with Gasteiger partial charge in [0.05, 0.1) is 0 Å². The van der Waals surface area contributed by atoms with Gasteiger partial charge in [-0.3, -0.25) is 9.69 Å². The van der Waals surface area contributed by atoms with Crippen LogP contribution >= 0.6 is 0 Å². The topological polar surface area (TPSA) is 66.8 Å². The number of aliphatic carboxylic acids is 1. The molecule has 1 saturated carbocycles. The molecule has 1 N–H and O–H groups in total. The first kappa shape index (κ1) is 11.2. The Labute approximate surface area is 94.4 Å². The van der Waals surface area contributed by atoms with Gasteiger partial charge in [0, 0.05) is 13.0 Å². The molecule has 0 radical (unpaired) electrons. The number of carboxylic acids is 1. The van der Waals surface area contributed by atoms with Crippen LogP contribution in [0.15, 0.2) is 0 Å². The van der Waals surface area contributed by atoms with Gasteiger partial charge < -0.3 is 9.84 Å². The van der Waals surface area contributed by atoms with Crippen molar-refractivity contribution >= 4 is 12.1 Å². The zero-order valence-electron chi connectivity index (χ0n) is 9.28. The fraction of sp³-hybridized carbons (Fsp3) is 0.818. The summed E-state index contributed by atoms with van der Waals surface area (Å²) in [5.74, 6) is -0.989. The summed E-state index contributed by atoms with van der Waals surface area (Å²) in [6, 6.07) is 0. The summed E-state index contributed by atoms with van der Waals surface area (Å²) in [6.45, 7) is 0.250. The lowest BCUT2D eigenvalue weighted by molar-refractivity contribution is -0.140. The Hall–Kier alpha value is -1.26. The van der Waals surface area contributed by atoms with E-state index in [1.165, 1.54) is 11.3 Å². The van der Waals surface area contributed by atoms with Crippen LogP contribution < -0.4 is 0 Å². The molecule has 1 saturated heterocycles. The van der Waals surface area contributed by atoms with E-state index in [-0.39, 0.29) is 12.1 Å². The smallest absolute Gasteiger partial charge is 0.410 e. The second-order valence-electron chi connectivity index (χ2n) is 4.68. The Kier molecular flexibility index (Phi) is 3.03. The van der Waals surface area contributed by atoms with Crippen molar-refractivity contribution in [3.63, 3.8) is 0 Å². The minimum atomic E-state index is -0.989. The molecule has 0 unspecified atom stereocenters. The van der Waals surface area contributed by atoms with E-state index in [9.17, 15) is 9.59 Å². The molecule has 0 atom stereocenters. The van der Waals surface area contributed by atoms with E-state index in [4.69, 9.17) is 9.84 Å². The molecule has 1 aliphatic carbocycles. The number of hydrogen-bond acceptors (Lipinski definition) is 3. The summed E-state index contributed by atoms with van der Waals surface area (Å²) in [6.07, 6.45) is 5.58. The molecule has 5 nitrogen and oxygen atoms in total. The summed E-state index contributed by atoms with van der Waals surface area (Å²) in [7, 11) is 0. The van der Waals surface area contributed by atoms with Crippen LogP contribution in [0.3, 0.4) is 0 Å². The van der Waals surface area contributed by atoms with Crippen LogP contribution in [0.4, 0.5) is 4.79 Å². The van der Waals surface area contributed by atoms with Gasteiger partial charge in [0.1, 0.15) is 12.1 Å². The van der Waals surface area contributed by atoms with Crippen LogP contribution in [0.1, 0.15) is 38.5 Å². The van der Waals surface area contributed by atoms with E-state index >= 15 is 0 Å². The highest BCUT2D eigenvalue weighted by Crippen LogP contribution is 2.37. The molecule has 2 aliphatic rings. The van der Waals surface area contributed by atoms with Crippen molar-refractivity contribution in [2.45, 2.75) is 44.1 Å². The summed E-state index contributed by atoms with van der Waals surface area (Å²) < 4.78 is 5.45. The Morgan fingerprint density at radius 3 is 2.56 bits per heavy atom. The summed E-state index contributed by atoms with van der Waals surface area (Å²) in [5.41, 5.74) is -0.287. The molecular formula is C11H17NO4. The maximum absolute atomic E-state index is 11.6. The SMILES string of the molecule is O=C(O)CN1CCC2(CCCCC2)OC1=O. The minimum Gasteiger partial charge on any atom is -0.480 e. The number of carbonyl (C=O) groups excluding carboxylic acids is 1. The Balaban J connectivity index is 1.96. The number of ether oxygens (including phenoxy) is 1. The quantitative estimate of drug-likeness (QED) is 0.778. The molecule has 1 aliphatic heterocycles. The van der Waals surface area contributed by atoms with Crippen molar-refractivity contribution in [1.29, 1.82) is 0 Å². The van der Waals surface area contributed by atoms with Gasteiger partial charge in [-0.2, -0.15) is 0 Å². The lowest BCUT2D eigenvalue weighted by atomic mass is 9.81. The number of hydrogen-bond donors (Lipinski definition) is 1. The minimum absolute atomic E-state index is 0.255. The zero-order chi connectivity index (χ0) is 11.6. The molecule has 0 aromatic carbocycles. The van der Waals surface area contributed by atoms with E-state index in [0.717, 1.165) is 32.1 Å². The molecule has 16 heavy (non-hydrogen) atoms. The highest BCUT2D eigenvalue weighted by molar-refractivity contribution is 5.77. The van der Waals surface area contributed by atoms with Crippen molar-refractivity contribution in [3.05, 3.63) is 0 Å². The lowest BCUT2D eigenvalue weighted by Crippen LogP contribution is -2.51. The predicted octanol–water partition coefficient (Wildman–Crippen LogP) is 1.62. The third kappa shape index (κ3) is 2.28. The second-order valence-corrected chi connectivity index (χ2v) is 4.68. The van der Waals surface area contributed by atoms with E-state index in [1.807, 2.05) is 0 Å². The van der Waals surface area contributed by atoms with Crippen molar-refractivity contribution < 1.29 is 19.4 Å². The van der Waals surface area contributed by atoms with Crippen molar-refractivity contribution in [1.82, 2.24) is 4.90 Å². The van der Waals surface area contributed by atoms with Crippen LogP contribution in [0, 0.1) is 0 Å². The molecule has 0 bridgehead atoms. The first-order valence-electron chi connectivity index (χ1n) is 5.81. The fourth-order valence-electron chi connectivity index (χ4n) is 2.59. The molecular weight excluding hydrogens is 210 g/mol. The molecule has 5 heteroatoms. The molecule has 1 heterocycles. The monoisotopic (exact) mass is 227 g/mol. The van der Waals surface area contributed by atoms with Gasteiger partial charge in [0.15, 0.2) is 0 Å². The van der Waals surface area contributed by atoms with Crippen molar-refractivity contribution in [2.24, 2.45) is 0 Å². The number of amides is 1. The third-order valence-corrected chi connectivity index (χ3v) is 3.49. The summed E-state index contributed by atoms with van der Waals surface area (Å²) in [5, 5.41) is 8.64. The number of carbonyl (C=O) groups is 2. The largest absolute Gasteiger partial charge is 0.480 e. The second kappa shape index (κ2) is 4.31. The van der Waals surface area contributed by atoms with Gasteiger partial charge in [-0.25, -0.2) is 4.79 Å².